The van der Waals surface area contributed by atoms with Crippen molar-refractivity contribution >= 4 is 22.4 Å². The van der Waals surface area contributed by atoms with E-state index in [1.807, 2.05) is 0 Å². The van der Waals surface area contributed by atoms with Gasteiger partial charge in [0.1, 0.15) is 5.82 Å². The molecule has 0 radical (unpaired) electrons. The molecule has 1 aromatic carbocycles. The van der Waals surface area contributed by atoms with Crippen molar-refractivity contribution < 1.29 is 27.5 Å². The van der Waals surface area contributed by atoms with Crippen LogP contribution in [0.2, 0.25) is 0 Å². The van der Waals surface area contributed by atoms with Crippen LogP contribution in [0.15, 0.2) is 27.4 Å². The number of hydrogen-bond acceptors (Lipinski definition) is 5. The van der Waals surface area contributed by atoms with Crippen LogP contribution in [0.5, 0.6) is 0 Å². The number of benzene rings is 1. The topological polar surface area (TPSA) is 93.5 Å². The highest BCUT2D eigenvalue weighted by Crippen LogP contribution is 2.40. The summed E-state index contributed by atoms with van der Waals surface area (Å²) in [7, 11) is 0. The maximum atomic E-state index is 13.4. The molecular weight excluding hydrogens is 351 g/mol. The zero-order chi connectivity index (χ0) is 19.1. The first-order valence-electron chi connectivity index (χ1n) is 8.25. The van der Waals surface area contributed by atoms with Crippen LogP contribution in [0.4, 0.5) is 18.9 Å². The van der Waals surface area contributed by atoms with Crippen LogP contribution in [0.25, 0.3) is 11.0 Å². The number of nitrogen functional groups attached to an aromatic ring is 1. The van der Waals surface area contributed by atoms with Gasteiger partial charge in [0.25, 0.3) is 0 Å². The fraction of sp³-hybridized carbons (Fsp3) is 0.444. The van der Waals surface area contributed by atoms with Crippen LogP contribution in [0.3, 0.4) is 0 Å². The second-order valence-electron chi connectivity index (χ2n) is 6.85. The molecule has 0 unspecified atom stereocenters. The fourth-order valence-corrected chi connectivity index (χ4v) is 3.19. The van der Waals surface area contributed by atoms with Gasteiger partial charge in [-0.05, 0) is 25.3 Å². The summed E-state index contributed by atoms with van der Waals surface area (Å²) in [6, 6.07) is 2.89. The molecule has 1 aliphatic rings. The number of anilines is 1. The van der Waals surface area contributed by atoms with Gasteiger partial charge < -0.3 is 15.3 Å². The number of fused-ring (bicyclic) bond motifs is 1. The minimum Gasteiger partial charge on any atom is -0.451 e. The summed E-state index contributed by atoms with van der Waals surface area (Å²) in [5.74, 6) is -4.30. The second-order valence-corrected chi connectivity index (χ2v) is 6.85. The number of Topliss-reactive ketones (excluding diaryl/α,β-unsaturated/α-hetero) is 1. The standard InChI is InChI=1S/C18H18F3NO4/c19-10-7-11-14(24)9-15(26-16(11)12(22)8-10)13(23)1-2-17(25)3-5-18(20,21)6-4-17/h7-9,25H,1-6,22H2. The minimum absolute atomic E-state index is 0.0113. The van der Waals surface area contributed by atoms with Gasteiger partial charge in [0, 0.05) is 31.4 Å². The Morgan fingerprint density at radius 1 is 1.19 bits per heavy atom. The smallest absolute Gasteiger partial charge is 0.248 e. The second kappa shape index (κ2) is 6.42. The van der Waals surface area contributed by atoms with E-state index in [0.29, 0.717) is 0 Å². The monoisotopic (exact) mass is 369 g/mol. The Bertz CT molecular complexity index is 913. The van der Waals surface area contributed by atoms with Crippen LogP contribution < -0.4 is 11.2 Å². The van der Waals surface area contributed by atoms with Crippen LogP contribution in [-0.4, -0.2) is 22.4 Å². The van der Waals surface area contributed by atoms with E-state index in [1.54, 1.807) is 0 Å². The van der Waals surface area contributed by atoms with Gasteiger partial charge in [0.05, 0.1) is 16.7 Å². The van der Waals surface area contributed by atoms with E-state index in [2.05, 4.69) is 0 Å². The molecule has 140 valence electrons. The zero-order valence-electron chi connectivity index (χ0n) is 13.9. The third-order valence-corrected chi connectivity index (χ3v) is 4.83. The molecule has 1 saturated carbocycles. The first-order valence-corrected chi connectivity index (χ1v) is 8.25. The number of rotatable bonds is 4. The third kappa shape index (κ3) is 3.75. The molecule has 0 saturated heterocycles. The van der Waals surface area contributed by atoms with Crippen LogP contribution >= 0.6 is 0 Å². The molecule has 2 aromatic rings. The first kappa shape index (κ1) is 18.4. The van der Waals surface area contributed by atoms with Gasteiger partial charge in [-0.25, -0.2) is 13.2 Å². The number of carbonyl (C=O) groups excluding carboxylic acids is 1. The quantitative estimate of drug-likeness (QED) is 0.636. The molecule has 1 heterocycles. The van der Waals surface area contributed by atoms with Crippen molar-refractivity contribution in [3.63, 3.8) is 0 Å². The van der Waals surface area contributed by atoms with Crippen molar-refractivity contribution in [1.29, 1.82) is 0 Å². The van der Waals surface area contributed by atoms with Gasteiger partial charge in [0.2, 0.25) is 5.92 Å². The van der Waals surface area contributed by atoms with Crippen molar-refractivity contribution in [3.8, 4) is 0 Å². The largest absolute Gasteiger partial charge is 0.451 e. The highest BCUT2D eigenvalue weighted by molar-refractivity contribution is 5.96. The minimum atomic E-state index is -2.78. The van der Waals surface area contributed by atoms with Crippen molar-refractivity contribution in [2.75, 3.05) is 5.73 Å². The predicted molar refractivity (Wildman–Crippen MR) is 88.8 cm³/mol. The lowest BCUT2D eigenvalue weighted by atomic mass is 9.79. The molecule has 3 rings (SSSR count). The Hall–Kier alpha value is -2.35. The predicted octanol–water partition coefficient (Wildman–Crippen LogP) is 3.42. The number of nitrogens with two attached hydrogens (primary N) is 1. The van der Waals surface area contributed by atoms with E-state index in [0.717, 1.165) is 18.2 Å². The maximum absolute atomic E-state index is 13.4. The van der Waals surface area contributed by atoms with Gasteiger partial charge in [0.15, 0.2) is 22.6 Å². The molecule has 1 fully saturated rings. The van der Waals surface area contributed by atoms with Crippen molar-refractivity contribution in [3.05, 3.63) is 40.0 Å². The molecular formula is C18H18F3NO4. The average Bonchev–Trinajstić information content (AvgIpc) is 2.57. The van der Waals surface area contributed by atoms with Gasteiger partial charge in [-0.2, -0.15) is 0 Å². The lowest BCUT2D eigenvalue weighted by Gasteiger charge is -2.35. The average molecular weight is 369 g/mol. The fourth-order valence-electron chi connectivity index (χ4n) is 3.19. The van der Waals surface area contributed by atoms with E-state index < -0.39 is 41.4 Å². The molecule has 5 nitrogen and oxygen atoms in total. The molecule has 0 spiro atoms. The Labute approximate surface area is 146 Å². The number of carbonyl (C=O) groups is 1. The number of hydrogen-bond donors (Lipinski definition) is 2. The Balaban J connectivity index is 1.77. The SMILES string of the molecule is Nc1cc(F)cc2c(=O)cc(C(=O)CCC3(O)CCC(F)(F)CC3)oc12. The summed E-state index contributed by atoms with van der Waals surface area (Å²) in [4.78, 5) is 24.4. The molecule has 26 heavy (non-hydrogen) atoms. The first-order chi connectivity index (χ1) is 12.1. The summed E-state index contributed by atoms with van der Waals surface area (Å²) < 4.78 is 45.1. The molecule has 0 atom stereocenters. The number of ketones is 1. The van der Waals surface area contributed by atoms with Gasteiger partial charge in [-0.15, -0.1) is 0 Å². The third-order valence-electron chi connectivity index (χ3n) is 4.83. The highest BCUT2D eigenvalue weighted by atomic mass is 19.3. The molecule has 1 aliphatic carbocycles. The van der Waals surface area contributed by atoms with Crippen molar-refractivity contribution in [1.82, 2.24) is 0 Å². The van der Waals surface area contributed by atoms with E-state index in [-0.39, 0.29) is 48.1 Å². The Kier molecular flexibility index (Phi) is 4.56. The van der Waals surface area contributed by atoms with Crippen molar-refractivity contribution in [2.24, 2.45) is 0 Å². The highest BCUT2D eigenvalue weighted by Gasteiger charge is 2.42. The molecule has 0 bridgehead atoms. The molecule has 0 amide bonds. The number of halogens is 3. The summed E-state index contributed by atoms with van der Waals surface area (Å²) >= 11 is 0. The van der Waals surface area contributed by atoms with Crippen LogP contribution in [-0.2, 0) is 0 Å². The van der Waals surface area contributed by atoms with Gasteiger partial charge in [-0.1, -0.05) is 0 Å². The zero-order valence-corrected chi connectivity index (χ0v) is 13.9. The lowest BCUT2D eigenvalue weighted by molar-refractivity contribution is -0.106. The number of aliphatic hydroxyl groups is 1. The summed E-state index contributed by atoms with van der Waals surface area (Å²) in [5.41, 5.74) is 3.49. The molecule has 8 heteroatoms. The lowest BCUT2D eigenvalue weighted by Crippen LogP contribution is -2.38. The van der Waals surface area contributed by atoms with E-state index in [4.69, 9.17) is 10.2 Å². The van der Waals surface area contributed by atoms with Gasteiger partial charge >= 0.3 is 0 Å². The normalized spacial score (nSPS) is 18.8. The molecule has 3 N–H and O–H groups in total. The summed E-state index contributed by atoms with van der Waals surface area (Å²) in [6.07, 6.45) is -1.22. The van der Waals surface area contributed by atoms with E-state index in [1.165, 1.54) is 0 Å². The van der Waals surface area contributed by atoms with Crippen LogP contribution in [0, 0.1) is 5.82 Å². The summed E-state index contributed by atoms with van der Waals surface area (Å²) in [5, 5.41) is 10.3. The summed E-state index contributed by atoms with van der Waals surface area (Å²) in [6.45, 7) is 0. The number of alkyl halides is 2. The molecule has 1 aromatic heterocycles. The van der Waals surface area contributed by atoms with E-state index >= 15 is 0 Å². The van der Waals surface area contributed by atoms with E-state index in [9.17, 15) is 27.9 Å². The van der Waals surface area contributed by atoms with Crippen molar-refractivity contribution in [2.45, 2.75) is 50.0 Å². The Morgan fingerprint density at radius 2 is 1.85 bits per heavy atom. The maximum Gasteiger partial charge on any atom is 0.248 e. The Morgan fingerprint density at radius 3 is 2.50 bits per heavy atom. The molecule has 0 aliphatic heterocycles. The van der Waals surface area contributed by atoms with Crippen LogP contribution in [0.1, 0.15) is 49.1 Å². The van der Waals surface area contributed by atoms with Gasteiger partial charge in [-0.3, -0.25) is 9.59 Å².